The van der Waals surface area contributed by atoms with Crippen molar-refractivity contribution in [3.05, 3.63) is 66.2 Å². The summed E-state index contributed by atoms with van der Waals surface area (Å²) in [7, 11) is 0. The third kappa shape index (κ3) is 7.64. The second-order valence-corrected chi connectivity index (χ2v) is 8.15. The molecule has 2 aromatic carbocycles. The van der Waals surface area contributed by atoms with Crippen LogP contribution in [0.15, 0.2) is 60.7 Å². The molecule has 0 spiro atoms. The number of thiocarbonyl (C=S) groups is 1. The molecule has 0 saturated carbocycles. The highest BCUT2D eigenvalue weighted by Crippen LogP contribution is 2.29. The van der Waals surface area contributed by atoms with Gasteiger partial charge in [-0.2, -0.15) is 0 Å². The van der Waals surface area contributed by atoms with Crippen LogP contribution in [0.1, 0.15) is 5.56 Å². The van der Waals surface area contributed by atoms with Gasteiger partial charge in [0.1, 0.15) is 11.9 Å². The fourth-order valence-electron chi connectivity index (χ4n) is 2.01. The minimum Gasteiger partial charge on any atom is -0.508 e. The molecule has 2 rings (SSSR count). The van der Waals surface area contributed by atoms with E-state index in [0.29, 0.717) is 5.69 Å². The summed E-state index contributed by atoms with van der Waals surface area (Å²) in [4.78, 5) is 12.1. The van der Waals surface area contributed by atoms with Gasteiger partial charge in [0.05, 0.1) is 0 Å². The number of phenolic OH excluding ortho intramolecular Hbond substituents is 1. The predicted octanol–water partition coefficient (Wildman–Crippen LogP) is 4.20. The van der Waals surface area contributed by atoms with E-state index in [1.54, 1.807) is 18.2 Å². The number of carbonyl (C=O) groups excluding carboxylic acids is 1. The van der Waals surface area contributed by atoms with Crippen molar-refractivity contribution in [1.82, 2.24) is 10.6 Å². The lowest BCUT2D eigenvalue weighted by molar-refractivity contribution is -0.117. The quantitative estimate of drug-likeness (QED) is 0.241. The van der Waals surface area contributed by atoms with Crippen LogP contribution in [-0.4, -0.2) is 26.1 Å². The van der Waals surface area contributed by atoms with E-state index in [9.17, 15) is 9.90 Å². The molecule has 1 unspecified atom stereocenters. The molecule has 5 nitrogen and oxygen atoms in total. The zero-order chi connectivity index (χ0) is 19.9. The molecule has 0 bridgehead atoms. The van der Waals surface area contributed by atoms with Gasteiger partial charge >= 0.3 is 0 Å². The standard InChI is InChI=1S/C18H16Cl3N3O2S/c19-18(20,21)16(23-15(26)10-9-12-5-2-1-3-6-12)24-17(27)22-13-7-4-8-14(25)11-13/h1-11,16,25H,(H,23,26)(H2,22,24,27)/b10-9+. The normalized spacial score (nSPS) is 12.4. The van der Waals surface area contributed by atoms with Crippen LogP contribution in [0.25, 0.3) is 6.08 Å². The van der Waals surface area contributed by atoms with Crippen molar-refractivity contribution in [2.75, 3.05) is 5.32 Å². The first-order valence-corrected chi connectivity index (χ1v) is 9.25. The van der Waals surface area contributed by atoms with Crippen molar-refractivity contribution in [3.8, 4) is 5.75 Å². The Morgan fingerprint density at radius 3 is 2.41 bits per heavy atom. The molecule has 0 aliphatic carbocycles. The molecule has 1 atom stereocenters. The highest BCUT2D eigenvalue weighted by atomic mass is 35.6. The van der Waals surface area contributed by atoms with E-state index in [2.05, 4.69) is 16.0 Å². The van der Waals surface area contributed by atoms with Crippen LogP contribution in [-0.2, 0) is 4.79 Å². The van der Waals surface area contributed by atoms with Gasteiger partial charge in [-0.15, -0.1) is 0 Å². The van der Waals surface area contributed by atoms with Gasteiger partial charge in [-0.3, -0.25) is 4.79 Å². The number of amides is 1. The van der Waals surface area contributed by atoms with Gasteiger partial charge in [0.2, 0.25) is 9.70 Å². The largest absolute Gasteiger partial charge is 0.508 e. The average Bonchev–Trinajstić information content (AvgIpc) is 2.59. The molecular formula is C18H16Cl3N3O2S. The van der Waals surface area contributed by atoms with Gasteiger partial charge in [-0.25, -0.2) is 0 Å². The van der Waals surface area contributed by atoms with Gasteiger partial charge < -0.3 is 21.1 Å². The molecule has 0 saturated heterocycles. The molecule has 0 aromatic heterocycles. The van der Waals surface area contributed by atoms with Gasteiger partial charge in [0.15, 0.2) is 5.11 Å². The summed E-state index contributed by atoms with van der Waals surface area (Å²) in [6.07, 6.45) is 1.87. The fraction of sp³-hybridized carbons (Fsp3) is 0.111. The van der Waals surface area contributed by atoms with Crippen molar-refractivity contribution in [2.24, 2.45) is 0 Å². The Balaban J connectivity index is 1.99. The van der Waals surface area contributed by atoms with Crippen LogP contribution in [0.5, 0.6) is 5.75 Å². The number of halogens is 3. The average molecular weight is 445 g/mol. The van der Waals surface area contributed by atoms with E-state index >= 15 is 0 Å². The highest BCUT2D eigenvalue weighted by Gasteiger charge is 2.34. The summed E-state index contributed by atoms with van der Waals surface area (Å²) in [6.45, 7) is 0. The summed E-state index contributed by atoms with van der Waals surface area (Å²) in [6, 6.07) is 15.6. The zero-order valence-corrected chi connectivity index (χ0v) is 16.9. The van der Waals surface area contributed by atoms with Crippen molar-refractivity contribution < 1.29 is 9.90 Å². The van der Waals surface area contributed by atoms with Crippen LogP contribution in [0.3, 0.4) is 0 Å². The van der Waals surface area contributed by atoms with Crippen LogP contribution in [0, 0.1) is 0 Å². The lowest BCUT2D eigenvalue weighted by atomic mass is 10.2. The highest BCUT2D eigenvalue weighted by molar-refractivity contribution is 7.80. The van der Waals surface area contributed by atoms with Gasteiger partial charge in [-0.1, -0.05) is 71.2 Å². The zero-order valence-electron chi connectivity index (χ0n) is 13.8. The SMILES string of the molecule is O=C(/C=C/c1ccccc1)NC(NC(=S)Nc1cccc(O)c1)C(Cl)(Cl)Cl. The topological polar surface area (TPSA) is 73.4 Å². The Kier molecular flexibility index (Phi) is 7.74. The van der Waals surface area contributed by atoms with Crippen LogP contribution in [0.4, 0.5) is 5.69 Å². The summed E-state index contributed by atoms with van der Waals surface area (Å²) >= 11 is 23.0. The van der Waals surface area contributed by atoms with E-state index in [0.717, 1.165) is 5.56 Å². The number of hydrogen-bond acceptors (Lipinski definition) is 3. The summed E-state index contributed by atoms with van der Waals surface area (Å²) in [5, 5.41) is 17.7. The van der Waals surface area contributed by atoms with E-state index in [1.807, 2.05) is 30.3 Å². The molecule has 27 heavy (non-hydrogen) atoms. The van der Waals surface area contributed by atoms with E-state index in [1.165, 1.54) is 18.2 Å². The van der Waals surface area contributed by atoms with Crippen molar-refractivity contribution in [2.45, 2.75) is 9.96 Å². The lowest BCUT2D eigenvalue weighted by Gasteiger charge is -2.27. The van der Waals surface area contributed by atoms with Crippen LogP contribution >= 0.6 is 47.0 Å². The first-order chi connectivity index (χ1) is 12.7. The third-order valence-corrected chi connectivity index (χ3v) is 4.09. The Labute approximate surface area is 177 Å². The summed E-state index contributed by atoms with van der Waals surface area (Å²) < 4.78 is -1.86. The molecular weight excluding hydrogens is 429 g/mol. The number of anilines is 1. The Bertz CT molecular complexity index is 826. The minimum absolute atomic E-state index is 0.0695. The van der Waals surface area contributed by atoms with E-state index in [-0.39, 0.29) is 10.9 Å². The van der Waals surface area contributed by atoms with Crippen molar-refractivity contribution >= 4 is 69.8 Å². The number of carbonyl (C=O) groups is 1. The number of hydrogen-bond donors (Lipinski definition) is 4. The molecule has 1 amide bonds. The first-order valence-electron chi connectivity index (χ1n) is 7.71. The van der Waals surface area contributed by atoms with Crippen molar-refractivity contribution in [3.63, 3.8) is 0 Å². The Morgan fingerprint density at radius 1 is 1.07 bits per heavy atom. The Morgan fingerprint density at radius 2 is 1.78 bits per heavy atom. The first kappa shape index (κ1) is 21.3. The number of aromatic hydroxyl groups is 1. The van der Waals surface area contributed by atoms with E-state index in [4.69, 9.17) is 47.0 Å². The molecule has 0 aliphatic heterocycles. The van der Waals surface area contributed by atoms with Crippen LogP contribution < -0.4 is 16.0 Å². The summed E-state index contributed by atoms with van der Waals surface area (Å²) in [5.74, 6) is -0.400. The van der Waals surface area contributed by atoms with Crippen LogP contribution in [0.2, 0.25) is 0 Å². The lowest BCUT2D eigenvalue weighted by Crippen LogP contribution is -2.55. The van der Waals surface area contributed by atoms with Gasteiger partial charge in [-0.05, 0) is 36.0 Å². The second kappa shape index (κ2) is 9.80. The second-order valence-electron chi connectivity index (χ2n) is 5.38. The number of rotatable bonds is 5. The predicted molar refractivity (Wildman–Crippen MR) is 115 cm³/mol. The van der Waals surface area contributed by atoms with E-state index < -0.39 is 15.9 Å². The maximum atomic E-state index is 12.1. The molecule has 4 N–H and O–H groups in total. The number of nitrogens with one attached hydrogen (secondary N) is 3. The van der Waals surface area contributed by atoms with Gasteiger partial charge in [0.25, 0.3) is 0 Å². The molecule has 0 heterocycles. The fourth-order valence-corrected chi connectivity index (χ4v) is 2.57. The minimum atomic E-state index is -1.86. The summed E-state index contributed by atoms with van der Waals surface area (Å²) in [5.41, 5.74) is 1.39. The smallest absolute Gasteiger partial charge is 0.245 e. The molecule has 9 heteroatoms. The van der Waals surface area contributed by atoms with Gasteiger partial charge in [0, 0.05) is 17.8 Å². The van der Waals surface area contributed by atoms with Crippen molar-refractivity contribution in [1.29, 1.82) is 0 Å². The third-order valence-electron chi connectivity index (χ3n) is 3.22. The number of benzene rings is 2. The molecule has 2 aromatic rings. The number of alkyl halides is 3. The Hall–Kier alpha value is -1.99. The molecule has 0 fully saturated rings. The number of phenols is 1. The monoisotopic (exact) mass is 443 g/mol. The molecule has 142 valence electrons. The maximum absolute atomic E-state index is 12.1. The maximum Gasteiger partial charge on any atom is 0.245 e. The molecule has 0 radical (unpaired) electrons. The molecule has 0 aliphatic rings.